The lowest BCUT2D eigenvalue weighted by Gasteiger charge is -2.32. The van der Waals surface area contributed by atoms with Gasteiger partial charge in [-0.05, 0) is 19.4 Å². The maximum absolute atomic E-state index is 4.61. The third-order valence-electron chi connectivity index (χ3n) is 4.38. The minimum Gasteiger partial charge on any atom is -0.347 e. The van der Waals surface area contributed by atoms with Crippen LogP contribution in [0.3, 0.4) is 0 Å². The van der Waals surface area contributed by atoms with Crippen LogP contribution in [-0.4, -0.2) is 47.9 Å². The first-order valence-corrected chi connectivity index (χ1v) is 8.42. The van der Waals surface area contributed by atoms with Gasteiger partial charge in [-0.2, -0.15) is 0 Å². The zero-order valence-electron chi connectivity index (χ0n) is 13.8. The molecule has 0 saturated carbocycles. The number of hydrogen-bond donors (Lipinski definition) is 2. The molecule has 0 amide bonds. The SMILES string of the molecule is c1cnc(Nc2nccnc2[C@@H]2CCCN(Cc3cnc[nH]3)C2)cn1. The van der Waals surface area contributed by atoms with Crippen molar-refractivity contribution in [1.82, 2.24) is 34.8 Å². The molecule has 3 aromatic rings. The van der Waals surface area contributed by atoms with Crippen molar-refractivity contribution in [3.63, 3.8) is 0 Å². The van der Waals surface area contributed by atoms with Gasteiger partial charge in [0.05, 0.1) is 18.2 Å². The monoisotopic (exact) mass is 336 g/mol. The highest BCUT2D eigenvalue weighted by atomic mass is 15.2. The van der Waals surface area contributed by atoms with Gasteiger partial charge in [-0.25, -0.2) is 15.0 Å². The number of aromatic amines is 1. The van der Waals surface area contributed by atoms with Crippen molar-refractivity contribution in [3.8, 4) is 0 Å². The van der Waals surface area contributed by atoms with Gasteiger partial charge < -0.3 is 10.3 Å². The highest BCUT2D eigenvalue weighted by Crippen LogP contribution is 2.30. The van der Waals surface area contributed by atoms with Crippen LogP contribution in [0, 0.1) is 0 Å². The molecule has 8 nitrogen and oxygen atoms in total. The zero-order chi connectivity index (χ0) is 16.9. The number of likely N-dealkylation sites (tertiary alicyclic amines) is 1. The summed E-state index contributed by atoms with van der Waals surface area (Å²) in [6.45, 7) is 2.92. The molecule has 0 bridgehead atoms. The van der Waals surface area contributed by atoms with Crippen molar-refractivity contribution in [2.75, 3.05) is 18.4 Å². The molecule has 0 aromatic carbocycles. The number of nitrogens with one attached hydrogen (secondary N) is 2. The van der Waals surface area contributed by atoms with Crippen molar-refractivity contribution in [2.45, 2.75) is 25.3 Å². The minimum absolute atomic E-state index is 0.338. The average molecular weight is 336 g/mol. The van der Waals surface area contributed by atoms with E-state index in [1.165, 1.54) is 0 Å². The molecule has 2 N–H and O–H groups in total. The summed E-state index contributed by atoms with van der Waals surface area (Å²) in [7, 11) is 0. The summed E-state index contributed by atoms with van der Waals surface area (Å²) in [5.41, 5.74) is 2.13. The second kappa shape index (κ2) is 7.35. The summed E-state index contributed by atoms with van der Waals surface area (Å²) in [6.07, 6.45) is 14.3. The van der Waals surface area contributed by atoms with E-state index in [9.17, 15) is 0 Å². The summed E-state index contributed by atoms with van der Waals surface area (Å²) >= 11 is 0. The molecule has 1 aliphatic rings. The Labute approximate surface area is 145 Å². The Bertz CT molecular complexity index is 789. The molecule has 0 aliphatic carbocycles. The molecule has 1 atom stereocenters. The molecular formula is C17H20N8. The van der Waals surface area contributed by atoms with Gasteiger partial charge in [0, 0.05) is 55.7 Å². The third-order valence-corrected chi connectivity index (χ3v) is 4.38. The molecule has 1 fully saturated rings. The van der Waals surface area contributed by atoms with E-state index in [0.717, 1.165) is 49.7 Å². The van der Waals surface area contributed by atoms with E-state index in [0.29, 0.717) is 11.7 Å². The summed E-state index contributed by atoms with van der Waals surface area (Å²) in [6, 6.07) is 0. The number of nitrogens with zero attached hydrogens (tertiary/aromatic N) is 6. The van der Waals surface area contributed by atoms with Crippen LogP contribution in [0.5, 0.6) is 0 Å². The number of imidazole rings is 1. The lowest BCUT2D eigenvalue weighted by molar-refractivity contribution is 0.197. The molecule has 1 aliphatic heterocycles. The zero-order valence-corrected chi connectivity index (χ0v) is 13.8. The first-order valence-electron chi connectivity index (χ1n) is 8.42. The Balaban J connectivity index is 1.51. The van der Waals surface area contributed by atoms with Gasteiger partial charge in [0.2, 0.25) is 0 Å². The Kier molecular flexibility index (Phi) is 4.60. The molecule has 3 aromatic heterocycles. The van der Waals surface area contributed by atoms with Gasteiger partial charge in [0.1, 0.15) is 5.82 Å². The number of piperidine rings is 1. The van der Waals surface area contributed by atoms with Gasteiger partial charge >= 0.3 is 0 Å². The first kappa shape index (κ1) is 15.6. The Morgan fingerprint density at radius 1 is 1.08 bits per heavy atom. The van der Waals surface area contributed by atoms with Crippen molar-refractivity contribution >= 4 is 11.6 Å². The number of rotatable bonds is 5. The molecule has 0 unspecified atom stereocenters. The van der Waals surface area contributed by atoms with E-state index < -0.39 is 0 Å². The predicted molar refractivity (Wildman–Crippen MR) is 93.2 cm³/mol. The van der Waals surface area contributed by atoms with Crippen molar-refractivity contribution < 1.29 is 0 Å². The summed E-state index contributed by atoms with van der Waals surface area (Å²) in [4.78, 5) is 27.1. The Morgan fingerprint density at radius 2 is 2.00 bits per heavy atom. The van der Waals surface area contributed by atoms with Crippen LogP contribution in [-0.2, 0) is 6.54 Å². The second-order valence-electron chi connectivity index (χ2n) is 6.16. The molecule has 25 heavy (non-hydrogen) atoms. The number of hydrogen-bond acceptors (Lipinski definition) is 7. The lowest BCUT2D eigenvalue weighted by Crippen LogP contribution is -2.34. The second-order valence-corrected chi connectivity index (χ2v) is 6.16. The molecule has 128 valence electrons. The maximum atomic E-state index is 4.61. The molecule has 0 spiro atoms. The fourth-order valence-electron chi connectivity index (χ4n) is 3.26. The van der Waals surface area contributed by atoms with E-state index in [1.54, 1.807) is 37.3 Å². The van der Waals surface area contributed by atoms with E-state index in [2.05, 4.69) is 40.1 Å². The van der Waals surface area contributed by atoms with Gasteiger partial charge in [-0.3, -0.25) is 14.9 Å². The number of aromatic nitrogens is 6. The molecule has 0 radical (unpaired) electrons. The van der Waals surface area contributed by atoms with E-state index in [1.807, 2.05) is 6.20 Å². The van der Waals surface area contributed by atoms with Crippen molar-refractivity contribution in [3.05, 3.63) is 54.9 Å². The van der Waals surface area contributed by atoms with Crippen molar-refractivity contribution in [1.29, 1.82) is 0 Å². The van der Waals surface area contributed by atoms with Gasteiger partial charge in [0.25, 0.3) is 0 Å². The normalized spacial score (nSPS) is 18.2. The molecule has 4 rings (SSSR count). The topological polar surface area (TPSA) is 95.5 Å². The molecule has 4 heterocycles. The summed E-state index contributed by atoms with van der Waals surface area (Å²) in [5, 5.41) is 3.25. The highest BCUT2D eigenvalue weighted by Gasteiger charge is 2.25. The Hall–Kier alpha value is -2.87. The number of anilines is 2. The van der Waals surface area contributed by atoms with Crippen LogP contribution in [0.4, 0.5) is 11.6 Å². The quantitative estimate of drug-likeness (QED) is 0.736. The van der Waals surface area contributed by atoms with Crippen LogP contribution in [0.1, 0.15) is 30.1 Å². The van der Waals surface area contributed by atoms with Gasteiger partial charge in [-0.15, -0.1) is 0 Å². The summed E-state index contributed by atoms with van der Waals surface area (Å²) < 4.78 is 0. The third kappa shape index (κ3) is 3.80. The standard InChI is InChI=1S/C17H20N8/c1-2-13(10-25(7-1)11-14-8-19-12-23-14)16-17(22-6-5-21-16)24-15-9-18-3-4-20-15/h3-6,8-9,12-13H,1-2,7,10-11H2,(H,19,23)(H,20,22,24)/t13-/m1/s1. The van der Waals surface area contributed by atoms with Crippen LogP contribution in [0.15, 0.2) is 43.5 Å². The van der Waals surface area contributed by atoms with Crippen LogP contribution >= 0.6 is 0 Å². The van der Waals surface area contributed by atoms with E-state index in [4.69, 9.17) is 0 Å². The molecule has 8 heteroatoms. The maximum Gasteiger partial charge on any atom is 0.153 e. The smallest absolute Gasteiger partial charge is 0.153 e. The largest absolute Gasteiger partial charge is 0.347 e. The van der Waals surface area contributed by atoms with Crippen LogP contribution in [0.2, 0.25) is 0 Å². The fraction of sp³-hybridized carbons (Fsp3) is 0.353. The van der Waals surface area contributed by atoms with Gasteiger partial charge in [-0.1, -0.05) is 0 Å². The van der Waals surface area contributed by atoms with Gasteiger partial charge in [0.15, 0.2) is 5.82 Å². The van der Waals surface area contributed by atoms with Crippen LogP contribution in [0.25, 0.3) is 0 Å². The van der Waals surface area contributed by atoms with E-state index >= 15 is 0 Å². The predicted octanol–water partition coefficient (Wildman–Crippen LogP) is 2.11. The Morgan fingerprint density at radius 3 is 2.84 bits per heavy atom. The summed E-state index contributed by atoms with van der Waals surface area (Å²) in [5.74, 6) is 1.77. The first-order chi connectivity index (χ1) is 12.4. The minimum atomic E-state index is 0.338. The fourth-order valence-corrected chi connectivity index (χ4v) is 3.26. The molecular weight excluding hydrogens is 316 g/mol. The highest BCUT2D eigenvalue weighted by molar-refractivity contribution is 5.53. The molecule has 1 saturated heterocycles. The average Bonchev–Trinajstić information content (AvgIpc) is 3.16. The lowest BCUT2D eigenvalue weighted by atomic mass is 9.94. The van der Waals surface area contributed by atoms with E-state index in [-0.39, 0.29) is 0 Å². The van der Waals surface area contributed by atoms with Crippen LogP contribution < -0.4 is 5.32 Å². The van der Waals surface area contributed by atoms with Crippen molar-refractivity contribution in [2.24, 2.45) is 0 Å². The number of H-pyrrole nitrogens is 1.